The van der Waals surface area contributed by atoms with Crippen LogP contribution in [-0.2, 0) is 26.0 Å². The van der Waals surface area contributed by atoms with Crippen molar-refractivity contribution in [3.8, 4) is 0 Å². The minimum Gasteiger partial charge on any atom is -0.477 e. The lowest BCUT2D eigenvalue weighted by Crippen LogP contribution is -2.37. The number of halogens is 1. The molecule has 0 aliphatic rings. The summed E-state index contributed by atoms with van der Waals surface area (Å²) in [6, 6.07) is 14.8. The summed E-state index contributed by atoms with van der Waals surface area (Å²) in [5.74, 6) is -8.88. The monoisotopic (exact) mass is 352 g/mol. The summed E-state index contributed by atoms with van der Waals surface area (Å²) in [5.41, 5.74) is -0.0810. The molecule has 0 bridgehead atoms. The number of methoxy groups -OCH3 is 1. The summed E-state index contributed by atoms with van der Waals surface area (Å²) in [4.78, 5) is 20.9. The third-order valence-corrected chi connectivity index (χ3v) is 3.19. The molecule has 0 aromatic heterocycles. The minimum absolute atomic E-state index is 0.199. The zero-order valence-electron chi connectivity index (χ0n) is 13.2. The van der Waals surface area contributed by atoms with Crippen LogP contribution in [0.5, 0.6) is 0 Å². The summed E-state index contributed by atoms with van der Waals surface area (Å²) in [5, 5.41) is 35.3. The van der Waals surface area contributed by atoms with Crippen LogP contribution < -0.4 is 0 Å². The predicted molar refractivity (Wildman–Crippen MR) is 84.1 cm³/mol. The number of aliphatic hydroxyl groups is 2. The van der Waals surface area contributed by atoms with Gasteiger partial charge < -0.3 is 25.2 Å². The number of rotatable bonds is 5. The molecule has 25 heavy (non-hydrogen) atoms. The van der Waals surface area contributed by atoms with Gasteiger partial charge in [-0.2, -0.15) is 4.39 Å². The number of ether oxygens (including phenoxy) is 1. The Morgan fingerprint density at radius 2 is 1.24 bits per heavy atom. The molecule has 0 aliphatic carbocycles. The first-order valence-electron chi connectivity index (χ1n) is 6.93. The van der Waals surface area contributed by atoms with Crippen LogP contribution in [0.1, 0.15) is 11.1 Å². The Labute approximate surface area is 142 Å². The number of hydrogen-bond donors (Lipinski definition) is 4. The van der Waals surface area contributed by atoms with E-state index in [1.54, 1.807) is 24.3 Å². The van der Waals surface area contributed by atoms with Crippen molar-refractivity contribution in [2.24, 2.45) is 0 Å². The molecular formula is C17H17FO7. The van der Waals surface area contributed by atoms with Gasteiger partial charge in [-0.15, -0.1) is 0 Å². The second kappa shape index (κ2) is 8.34. The molecule has 0 aliphatic heterocycles. The number of alkyl halides is 1. The van der Waals surface area contributed by atoms with Gasteiger partial charge in [0, 0.05) is 18.2 Å². The van der Waals surface area contributed by atoms with Crippen molar-refractivity contribution < 1.29 is 39.1 Å². The molecule has 2 unspecified atom stereocenters. The first kappa shape index (κ1) is 20.2. The molecule has 0 spiro atoms. The van der Waals surface area contributed by atoms with Crippen LogP contribution in [0.15, 0.2) is 60.7 Å². The summed E-state index contributed by atoms with van der Waals surface area (Å²) in [7, 11) is 1.14. The van der Waals surface area contributed by atoms with Gasteiger partial charge >= 0.3 is 17.8 Å². The molecule has 7 nitrogen and oxygen atoms in total. The van der Waals surface area contributed by atoms with Crippen LogP contribution in [-0.4, -0.2) is 39.5 Å². The fourth-order valence-electron chi connectivity index (χ4n) is 1.78. The Balaban J connectivity index is 0.000000251. The summed E-state index contributed by atoms with van der Waals surface area (Å²) >= 11 is 0. The molecule has 8 heteroatoms. The van der Waals surface area contributed by atoms with Gasteiger partial charge in [-0.1, -0.05) is 60.7 Å². The number of carboxylic acid groups (broad SMARTS) is 2. The van der Waals surface area contributed by atoms with E-state index in [1.165, 1.54) is 36.4 Å². The zero-order chi connectivity index (χ0) is 19.1. The maximum Gasteiger partial charge on any atom is 0.374 e. The second-order valence-electron chi connectivity index (χ2n) is 4.81. The van der Waals surface area contributed by atoms with E-state index in [0.29, 0.717) is 0 Å². The maximum atomic E-state index is 12.9. The molecule has 0 heterocycles. The number of aliphatic carboxylic acids is 2. The van der Waals surface area contributed by atoms with E-state index in [1.807, 2.05) is 0 Å². The van der Waals surface area contributed by atoms with Crippen LogP contribution in [0.4, 0.5) is 4.39 Å². The van der Waals surface area contributed by atoms with E-state index in [2.05, 4.69) is 4.74 Å². The fraction of sp³-hybridized carbons (Fsp3) is 0.176. The van der Waals surface area contributed by atoms with Gasteiger partial charge in [-0.25, -0.2) is 9.59 Å². The minimum atomic E-state index is -3.29. The Morgan fingerprint density at radius 3 is 1.56 bits per heavy atom. The van der Waals surface area contributed by atoms with Crippen LogP contribution in [0.2, 0.25) is 0 Å². The van der Waals surface area contributed by atoms with Crippen molar-refractivity contribution in [3.05, 3.63) is 71.8 Å². The van der Waals surface area contributed by atoms with E-state index in [9.17, 15) is 19.1 Å². The quantitative estimate of drug-likeness (QED) is 0.600. The van der Waals surface area contributed by atoms with E-state index < -0.39 is 23.6 Å². The number of carbonyl (C=O) groups is 2. The van der Waals surface area contributed by atoms with Crippen molar-refractivity contribution in [1.82, 2.24) is 0 Å². The number of carboxylic acids is 2. The maximum absolute atomic E-state index is 12.9. The highest BCUT2D eigenvalue weighted by Gasteiger charge is 2.38. The van der Waals surface area contributed by atoms with E-state index in [0.717, 1.165) is 7.11 Å². The number of benzene rings is 2. The van der Waals surface area contributed by atoms with Gasteiger partial charge in [0.2, 0.25) is 0 Å². The molecule has 0 fully saturated rings. The first-order valence-corrected chi connectivity index (χ1v) is 6.93. The highest BCUT2D eigenvalue weighted by Crippen LogP contribution is 2.22. The summed E-state index contributed by atoms with van der Waals surface area (Å²) in [6.07, 6.45) is 0. The summed E-state index contributed by atoms with van der Waals surface area (Å²) in [6.45, 7) is 0. The van der Waals surface area contributed by atoms with Gasteiger partial charge in [-0.05, 0) is 0 Å². The van der Waals surface area contributed by atoms with Gasteiger partial charge in [0.1, 0.15) is 0 Å². The average molecular weight is 352 g/mol. The lowest BCUT2D eigenvalue weighted by molar-refractivity contribution is -0.219. The molecule has 2 aromatic carbocycles. The number of hydrogen-bond acceptors (Lipinski definition) is 5. The van der Waals surface area contributed by atoms with Crippen LogP contribution >= 0.6 is 0 Å². The molecule has 0 saturated heterocycles. The highest BCUT2D eigenvalue weighted by atomic mass is 19.2. The lowest BCUT2D eigenvalue weighted by atomic mass is 10.1. The molecule has 2 rings (SSSR count). The van der Waals surface area contributed by atoms with Gasteiger partial charge in [0.05, 0.1) is 0 Å². The van der Waals surface area contributed by atoms with Crippen molar-refractivity contribution in [3.63, 3.8) is 0 Å². The smallest absolute Gasteiger partial charge is 0.374 e. The van der Waals surface area contributed by atoms with Crippen LogP contribution in [0, 0.1) is 0 Å². The molecule has 0 saturated carbocycles. The van der Waals surface area contributed by atoms with Gasteiger partial charge in [0.25, 0.3) is 5.79 Å². The van der Waals surface area contributed by atoms with Crippen molar-refractivity contribution >= 4 is 11.9 Å². The average Bonchev–Trinajstić information content (AvgIpc) is 2.62. The largest absolute Gasteiger partial charge is 0.477 e. The molecule has 4 N–H and O–H groups in total. The third-order valence-electron chi connectivity index (χ3n) is 3.19. The second-order valence-corrected chi connectivity index (χ2v) is 4.81. The van der Waals surface area contributed by atoms with E-state index in [4.69, 9.17) is 15.3 Å². The van der Waals surface area contributed by atoms with Crippen molar-refractivity contribution in [2.75, 3.05) is 7.11 Å². The fourth-order valence-corrected chi connectivity index (χ4v) is 1.78. The SMILES string of the molecule is COC(O)(C(=O)O)c1ccccc1.O=C(O)C(O)(F)c1ccccc1. The predicted octanol–water partition coefficient (Wildman–Crippen LogP) is 1.45. The van der Waals surface area contributed by atoms with Crippen LogP contribution in [0.3, 0.4) is 0 Å². The third kappa shape index (κ3) is 4.83. The van der Waals surface area contributed by atoms with Gasteiger partial charge in [0.15, 0.2) is 0 Å². The molecule has 2 atom stereocenters. The van der Waals surface area contributed by atoms with E-state index in [-0.39, 0.29) is 11.1 Å². The van der Waals surface area contributed by atoms with Crippen molar-refractivity contribution in [2.45, 2.75) is 11.6 Å². The highest BCUT2D eigenvalue weighted by molar-refractivity contribution is 5.77. The molecule has 2 aromatic rings. The standard InChI is InChI=1S/C9H10O4.C8H7FO3/c1-13-9(12,8(10)11)7-5-3-2-4-6-7;9-8(12,7(10)11)6-4-2-1-3-5-6/h2-6,12H,1H3,(H,10,11);1-5,12H,(H,10,11). The Bertz CT molecular complexity index is 703. The van der Waals surface area contributed by atoms with Crippen molar-refractivity contribution in [1.29, 1.82) is 0 Å². The van der Waals surface area contributed by atoms with Gasteiger partial charge in [-0.3, -0.25) is 0 Å². The Morgan fingerprint density at radius 1 is 0.840 bits per heavy atom. The zero-order valence-corrected chi connectivity index (χ0v) is 13.2. The molecule has 0 radical (unpaired) electrons. The van der Waals surface area contributed by atoms with E-state index >= 15 is 0 Å². The topological polar surface area (TPSA) is 124 Å². The Kier molecular flexibility index (Phi) is 6.75. The molecular weight excluding hydrogens is 335 g/mol. The Hall–Kier alpha value is -2.81. The lowest BCUT2D eigenvalue weighted by Gasteiger charge is -2.21. The van der Waals surface area contributed by atoms with Crippen LogP contribution in [0.25, 0.3) is 0 Å². The first-order chi connectivity index (χ1) is 11.7. The summed E-state index contributed by atoms with van der Waals surface area (Å²) < 4.78 is 17.4. The molecule has 0 amide bonds. The molecule has 134 valence electrons. The normalized spacial score (nSPS) is 15.0.